The average molecular weight is 276 g/mol. The first-order valence-corrected chi connectivity index (χ1v) is 7.29. The first-order valence-electron chi connectivity index (χ1n) is 7.29. The van der Waals surface area contributed by atoms with Gasteiger partial charge in [0.2, 0.25) is 5.91 Å². The van der Waals surface area contributed by atoms with Crippen molar-refractivity contribution in [3.05, 3.63) is 29.8 Å². The fraction of sp³-hybridized carbons (Fsp3) is 0.562. The molecule has 20 heavy (non-hydrogen) atoms. The Bertz CT molecular complexity index is 444. The molecule has 0 aromatic heterocycles. The summed E-state index contributed by atoms with van der Waals surface area (Å²) in [6.45, 7) is 7.52. The minimum Gasteiger partial charge on any atom is -0.491 e. The summed E-state index contributed by atoms with van der Waals surface area (Å²) < 4.78 is 5.68. The second-order valence-corrected chi connectivity index (χ2v) is 5.73. The van der Waals surface area contributed by atoms with Crippen molar-refractivity contribution < 1.29 is 9.53 Å². The van der Waals surface area contributed by atoms with Crippen LogP contribution in [0.1, 0.15) is 25.8 Å². The summed E-state index contributed by atoms with van der Waals surface area (Å²) in [4.78, 5) is 12.1. The van der Waals surface area contributed by atoms with Crippen molar-refractivity contribution in [2.45, 2.75) is 39.3 Å². The van der Waals surface area contributed by atoms with Crippen LogP contribution in [-0.2, 0) is 4.79 Å². The summed E-state index contributed by atoms with van der Waals surface area (Å²) in [7, 11) is 0. The number of hydrogen-bond acceptors (Lipinski definition) is 3. The van der Waals surface area contributed by atoms with E-state index in [1.807, 2.05) is 38.1 Å². The fourth-order valence-electron chi connectivity index (χ4n) is 2.42. The zero-order chi connectivity index (χ0) is 14.5. The van der Waals surface area contributed by atoms with Crippen molar-refractivity contribution >= 4 is 5.91 Å². The van der Waals surface area contributed by atoms with Crippen LogP contribution >= 0.6 is 0 Å². The van der Waals surface area contributed by atoms with Gasteiger partial charge >= 0.3 is 0 Å². The number of hydrogen-bond donors (Lipinski definition) is 2. The first-order chi connectivity index (χ1) is 9.56. The predicted octanol–water partition coefficient (Wildman–Crippen LogP) is 1.88. The number of amides is 1. The van der Waals surface area contributed by atoms with Crippen LogP contribution in [0.2, 0.25) is 0 Å². The summed E-state index contributed by atoms with van der Waals surface area (Å²) in [5, 5.41) is 6.25. The topological polar surface area (TPSA) is 50.4 Å². The lowest BCUT2D eigenvalue weighted by atomic mass is 10.0. The summed E-state index contributed by atoms with van der Waals surface area (Å²) in [5.41, 5.74) is 1.21. The van der Waals surface area contributed by atoms with Crippen LogP contribution in [0, 0.1) is 12.8 Å². The molecular weight excluding hydrogens is 252 g/mol. The minimum atomic E-state index is -0.0585. The SMILES string of the molecule is Cc1ccc(OCC(C)NC(=O)C2NCCC2C)cc1. The van der Waals surface area contributed by atoms with E-state index in [-0.39, 0.29) is 18.0 Å². The standard InChI is InChI=1S/C16H24N2O2/c1-11-4-6-14(7-5-11)20-10-13(3)18-16(19)15-12(2)8-9-17-15/h4-7,12-13,15,17H,8-10H2,1-3H3,(H,18,19). The molecule has 1 saturated heterocycles. The number of benzene rings is 1. The molecule has 0 bridgehead atoms. The van der Waals surface area contributed by atoms with Gasteiger partial charge in [-0.15, -0.1) is 0 Å². The van der Waals surface area contributed by atoms with Gasteiger partial charge in [-0.05, 0) is 44.9 Å². The van der Waals surface area contributed by atoms with Crippen LogP contribution in [0.15, 0.2) is 24.3 Å². The van der Waals surface area contributed by atoms with E-state index in [1.54, 1.807) is 0 Å². The molecule has 110 valence electrons. The number of aryl methyl sites for hydroxylation is 1. The van der Waals surface area contributed by atoms with Gasteiger partial charge in [-0.1, -0.05) is 24.6 Å². The molecule has 1 aromatic rings. The van der Waals surface area contributed by atoms with Crippen LogP contribution in [0.3, 0.4) is 0 Å². The van der Waals surface area contributed by atoms with Crippen molar-refractivity contribution in [3.8, 4) is 5.75 Å². The molecule has 3 unspecified atom stereocenters. The van der Waals surface area contributed by atoms with Crippen LogP contribution in [0.5, 0.6) is 5.75 Å². The van der Waals surface area contributed by atoms with E-state index < -0.39 is 0 Å². The number of rotatable bonds is 5. The fourth-order valence-corrected chi connectivity index (χ4v) is 2.42. The maximum absolute atomic E-state index is 12.1. The third kappa shape index (κ3) is 3.97. The molecule has 4 heteroatoms. The van der Waals surface area contributed by atoms with Crippen molar-refractivity contribution in [1.82, 2.24) is 10.6 Å². The quantitative estimate of drug-likeness (QED) is 0.863. The molecule has 1 amide bonds. The molecule has 1 aromatic carbocycles. The maximum Gasteiger partial charge on any atom is 0.237 e. The number of carbonyl (C=O) groups is 1. The van der Waals surface area contributed by atoms with Crippen molar-refractivity contribution in [3.63, 3.8) is 0 Å². The van der Waals surface area contributed by atoms with Gasteiger partial charge in [0.1, 0.15) is 12.4 Å². The molecule has 0 radical (unpaired) electrons. The summed E-state index contributed by atoms with van der Waals surface area (Å²) in [5.74, 6) is 1.32. The zero-order valence-corrected chi connectivity index (χ0v) is 12.5. The molecule has 4 nitrogen and oxygen atoms in total. The van der Waals surface area contributed by atoms with Gasteiger partial charge in [0.05, 0.1) is 12.1 Å². The third-order valence-corrected chi connectivity index (χ3v) is 3.73. The molecular formula is C16H24N2O2. The van der Waals surface area contributed by atoms with E-state index in [0.717, 1.165) is 18.7 Å². The van der Waals surface area contributed by atoms with E-state index in [4.69, 9.17) is 4.74 Å². The van der Waals surface area contributed by atoms with Gasteiger partial charge in [-0.2, -0.15) is 0 Å². The smallest absolute Gasteiger partial charge is 0.237 e. The van der Waals surface area contributed by atoms with Gasteiger partial charge in [-0.25, -0.2) is 0 Å². The second-order valence-electron chi connectivity index (χ2n) is 5.73. The van der Waals surface area contributed by atoms with Crippen LogP contribution < -0.4 is 15.4 Å². The summed E-state index contributed by atoms with van der Waals surface area (Å²) in [6, 6.07) is 7.87. The Kier molecular flexibility index (Phi) is 5.01. The minimum absolute atomic E-state index is 0.00148. The van der Waals surface area contributed by atoms with Crippen LogP contribution in [0.4, 0.5) is 0 Å². The lowest BCUT2D eigenvalue weighted by Crippen LogP contribution is -2.48. The van der Waals surface area contributed by atoms with Crippen molar-refractivity contribution in [1.29, 1.82) is 0 Å². The molecule has 2 N–H and O–H groups in total. The van der Waals surface area contributed by atoms with Gasteiger partial charge in [0.15, 0.2) is 0 Å². The average Bonchev–Trinajstić information content (AvgIpc) is 2.84. The predicted molar refractivity (Wildman–Crippen MR) is 79.9 cm³/mol. The van der Waals surface area contributed by atoms with Gasteiger partial charge in [0.25, 0.3) is 0 Å². The largest absolute Gasteiger partial charge is 0.491 e. The molecule has 2 rings (SSSR count). The molecule has 0 saturated carbocycles. The number of nitrogens with one attached hydrogen (secondary N) is 2. The highest BCUT2D eigenvalue weighted by Gasteiger charge is 2.29. The number of ether oxygens (including phenoxy) is 1. The van der Waals surface area contributed by atoms with E-state index in [0.29, 0.717) is 12.5 Å². The third-order valence-electron chi connectivity index (χ3n) is 3.73. The highest BCUT2D eigenvalue weighted by Crippen LogP contribution is 2.15. The van der Waals surface area contributed by atoms with E-state index in [2.05, 4.69) is 17.6 Å². The van der Waals surface area contributed by atoms with Gasteiger partial charge < -0.3 is 15.4 Å². The molecule has 0 aliphatic carbocycles. The zero-order valence-electron chi connectivity index (χ0n) is 12.5. The molecule has 1 aliphatic rings. The summed E-state index contributed by atoms with van der Waals surface area (Å²) in [6.07, 6.45) is 1.06. The van der Waals surface area contributed by atoms with Crippen molar-refractivity contribution in [2.24, 2.45) is 5.92 Å². The number of carbonyl (C=O) groups excluding carboxylic acids is 1. The monoisotopic (exact) mass is 276 g/mol. The normalized spacial score (nSPS) is 23.4. The highest BCUT2D eigenvalue weighted by molar-refractivity contribution is 5.82. The molecule has 0 spiro atoms. The van der Waals surface area contributed by atoms with Gasteiger partial charge in [0, 0.05) is 0 Å². The Labute approximate surface area is 120 Å². The summed E-state index contributed by atoms with van der Waals surface area (Å²) >= 11 is 0. The molecule has 3 atom stereocenters. The van der Waals surface area contributed by atoms with Gasteiger partial charge in [-0.3, -0.25) is 4.79 Å². The van der Waals surface area contributed by atoms with Crippen LogP contribution in [-0.4, -0.2) is 31.1 Å². The van der Waals surface area contributed by atoms with E-state index >= 15 is 0 Å². The van der Waals surface area contributed by atoms with Crippen molar-refractivity contribution in [2.75, 3.05) is 13.2 Å². The van der Waals surface area contributed by atoms with Crippen LogP contribution in [0.25, 0.3) is 0 Å². The van der Waals surface area contributed by atoms with E-state index in [9.17, 15) is 4.79 Å². The first kappa shape index (κ1) is 14.9. The lowest BCUT2D eigenvalue weighted by Gasteiger charge is -2.20. The highest BCUT2D eigenvalue weighted by atomic mass is 16.5. The Morgan fingerprint density at radius 1 is 1.45 bits per heavy atom. The Morgan fingerprint density at radius 2 is 2.15 bits per heavy atom. The lowest BCUT2D eigenvalue weighted by molar-refractivity contribution is -0.124. The Morgan fingerprint density at radius 3 is 2.75 bits per heavy atom. The molecule has 1 heterocycles. The maximum atomic E-state index is 12.1. The Hall–Kier alpha value is -1.55. The van der Waals surface area contributed by atoms with E-state index in [1.165, 1.54) is 5.56 Å². The second kappa shape index (κ2) is 6.75. The molecule has 1 fully saturated rings. The Balaban J connectivity index is 1.76. The molecule has 1 aliphatic heterocycles.